The zero-order chi connectivity index (χ0) is 40.9. The van der Waals surface area contributed by atoms with Crippen molar-refractivity contribution in [3.63, 3.8) is 0 Å². The number of aromatic amines is 1. The molecule has 6 heterocycles. The Kier molecular flexibility index (Phi) is 9.33. The van der Waals surface area contributed by atoms with Crippen molar-refractivity contribution in [2.75, 3.05) is 66.0 Å². The van der Waals surface area contributed by atoms with Crippen LogP contribution in [0.1, 0.15) is 75.3 Å². The van der Waals surface area contributed by atoms with Crippen LogP contribution in [0.4, 0.5) is 5.69 Å². The Bertz CT molecular complexity index is 2200. The van der Waals surface area contributed by atoms with E-state index in [-0.39, 0.29) is 17.9 Å². The number of esters is 3. The molecule has 0 amide bonds. The Hall–Kier alpha value is -4.39. The van der Waals surface area contributed by atoms with Gasteiger partial charge in [-0.1, -0.05) is 50.6 Å². The molecular formula is C46H58N4O8. The van der Waals surface area contributed by atoms with Gasteiger partial charge in [0.15, 0.2) is 6.10 Å². The van der Waals surface area contributed by atoms with Crippen LogP contribution in [0.2, 0.25) is 0 Å². The number of carbonyl (C=O) groups excluding carboxylic acids is 3. The fourth-order valence-corrected chi connectivity index (χ4v) is 13.5. The molecule has 1 saturated carbocycles. The molecule has 1 aliphatic carbocycles. The Morgan fingerprint density at radius 1 is 0.983 bits per heavy atom. The van der Waals surface area contributed by atoms with Crippen LogP contribution in [-0.4, -0.2) is 123 Å². The van der Waals surface area contributed by atoms with E-state index < -0.39 is 45.9 Å². The topological polar surface area (TPSA) is 134 Å². The van der Waals surface area contributed by atoms with E-state index in [1.807, 2.05) is 31.0 Å². The van der Waals surface area contributed by atoms with Gasteiger partial charge in [-0.05, 0) is 73.7 Å². The first-order chi connectivity index (χ1) is 27.9. The molecular weight excluding hydrogens is 737 g/mol. The monoisotopic (exact) mass is 794 g/mol. The number of likely N-dealkylation sites (N-methyl/N-ethyl adjacent to an activating group) is 1. The number of H-pyrrole nitrogens is 1. The quantitative estimate of drug-likeness (QED) is 0.193. The van der Waals surface area contributed by atoms with Crippen LogP contribution < -0.4 is 9.64 Å². The van der Waals surface area contributed by atoms with Crippen molar-refractivity contribution < 1.29 is 38.4 Å². The van der Waals surface area contributed by atoms with Gasteiger partial charge in [0.25, 0.3) is 0 Å². The zero-order valence-corrected chi connectivity index (χ0v) is 34.9. The van der Waals surface area contributed by atoms with E-state index >= 15 is 4.79 Å². The van der Waals surface area contributed by atoms with E-state index in [1.165, 1.54) is 21.1 Å². The highest BCUT2D eigenvalue weighted by atomic mass is 16.6. The number of nitrogens with zero attached hydrogens (tertiary/aromatic N) is 3. The summed E-state index contributed by atoms with van der Waals surface area (Å²) in [4.78, 5) is 53.5. The average molecular weight is 795 g/mol. The summed E-state index contributed by atoms with van der Waals surface area (Å²) in [5.74, 6) is -0.578. The predicted octanol–water partition coefficient (Wildman–Crippen LogP) is 4.88. The number of rotatable bonds is 7. The van der Waals surface area contributed by atoms with Crippen LogP contribution >= 0.6 is 0 Å². The lowest BCUT2D eigenvalue weighted by molar-refractivity contribution is -0.228. The number of piperidine rings is 1. The molecule has 310 valence electrons. The Labute approximate surface area is 340 Å². The van der Waals surface area contributed by atoms with Gasteiger partial charge >= 0.3 is 17.9 Å². The molecule has 1 unspecified atom stereocenters. The largest absolute Gasteiger partial charge is 0.496 e. The predicted molar refractivity (Wildman–Crippen MR) is 219 cm³/mol. The second-order valence-corrected chi connectivity index (χ2v) is 18.0. The number of methoxy groups -OCH3 is 3. The maximum Gasteiger partial charge on any atom is 0.344 e. The molecule has 12 heteroatoms. The van der Waals surface area contributed by atoms with E-state index in [0.717, 1.165) is 72.3 Å². The second kappa shape index (κ2) is 13.8. The summed E-state index contributed by atoms with van der Waals surface area (Å²) in [6.45, 7) is 9.79. The third kappa shape index (κ3) is 5.00. The van der Waals surface area contributed by atoms with Gasteiger partial charge in [-0.3, -0.25) is 14.5 Å². The molecule has 2 saturated heterocycles. The van der Waals surface area contributed by atoms with Crippen molar-refractivity contribution in [3.8, 4) is 5.75 Å². The number of hydrogen-bond acceptors (Lipinski definition) is 11. The minimum Gasteiger partial charge on any atom is -0.496 e. The molecule has 2 bridgehead atoms. The molecule has 12 nitrogen and oxygen atoms in total. The lowest BCUT2D eigenvalue weighted by Crippen LogP contribution is -2.81. The zero-order valence-electron chi connectivity index (χ0n) is 34.9. The molecule has 1 spiro atoms. The van der Waals surface area contributed by atoms with Crippen molar-refractivity contribution in [3.05, 3.63) is 70.9 Å². The first kappa shape index (κ1) is 39.1. The molecule has 6 aliphatic rings. The summed E-state index contributed by atoms with van der Waals surface area (Å²) in [5.41, 5.74) is -0.0554. The molecule has 10 atom stereocenters. The number of fused-ring (bicyclic) bond motifs is 6. The van der Waals surface area contributed by atoms with Gasteiger partial charge in [-0.2, -0.15) is 0 Å². The van der Waals surface area contributed by atoms with Crippen molar-refractivity contribution in [1.82, 2.24) is 14.8 Å². The fraction of sp³-hybridized carbons (Fsp3) is 0.587. The van der Waals surface area contributed by atoms with E-state index in [1.54, 1.807) is 7.11 Å². The molecule has 1 aromatic heterocycles. The number of carbonyl (C=O) groups is 3. The summed E-state index contributed by atoms with van der Waals surface area (Å²) in [6.07, 6.45) is 7.33. The smallest absolute Gasteiger partial charge is 0.344 e. The Balaban J connectivity index is 1.36. The van der Waals surface area contributed by atoms with Crippen molar-refractivity contribution in [2.24, 2.45) is 17.3 Å². The van der Waals surface area contributed by atoms with E-state index in [9.17, 15) is 14.7 Å². The number of ether oxygens (including phenoxy) is 4. The highest BCUT2D eigenvalue weighted by Crippen LogP contribution is 2.68. The lowest BCUT2D eigenvalue weighted by Gasteiger charge is -2.63. The minimum absolute atomic E-state index is 0.184. The highest BCUT2D eigenvalue weighted by Gasteiger charge is 2.80. The number of para-hydroxylation sites is 1. The Morgan fingerprint density at radius 2 is 1.76 bits per heavy atom. The second-order valence-electron chi connectivity index (χ2n) is 18.0. The van der Waals surface area contributed by atoms with Gasteiger partial charge in [0.1, 0.15) is 11.2 Å². The first-order valence-corrected chi connectivity index (χ1v) is 21.2. The third-order valence-corrected chi connectivity index (χ3v) is 15.5. The number of aliphatic hydroxyl groups is 1. The number of hydrogen-bond donors (Lipinski definition) is 2. The molecule has 3 fully saturated rings. The molecule has 2 aromatic carbocycles. The van der Waals surface area contributed by atoms with Crippen LogP contribution in [0.25, 0.3) is 10.9 Å². The summed E-state index contributed by atoms with van der Waals surface area (Å²) < 4.78 is 24.0. The maximum atomic E-state index is 15.3. The summed E-state index contributed by atoms with van der Waals surface area (Å²) in [7, 11) is 6.28. The number of benzene rings is 2. The van der Waals surface area contributed by atoms with E-state index in [0.29, 0.717) is 49.6 Å². The summed E-state index contributed by atoms with van der Waals surface area (Å²) >= 11 is 0. The van der Waals surface area contributed by atoms with Gasteiger partial charge in [-0.15, -0.1) is 0 Å². The van der Waals surface area contributed by atoms with Crippen LogP contribution in [0.3, 0.4) is 0 Å². The summed E-state index contributed by atoms with van der Waals surface area (Å²) in [6, 6.07) is 11.3. The standard InChI is InChI=1S/C46H58N4O8/c1-8-28-21-29-24-45(41(52)56-6,37-31(15-19-49(25-28)26-29)30-13-10-11-14-34(30)47-37)33-22-32-35(23-36(33)55-5)48(4)39-44(32)17-20-50-18-12-16-43(9-2,38(44)50)40(58-27(3)51)46(39,54)42(53)57-7/h10-14,16,22-23,28-29,38-40,47,54H,8-9,15,17-21,24-26H2,1-7H3/t28-,29+,38+,39-,40-,43-,44-,45-,46+/m1/s1. The van der Waals surface area contributed by atoms with Gasteiger partial charge in [0, 0.05) is 90.9 Å². The third-order valence-electron chi connectivity index (χ3n) is 15.5. The Morgan fingerprint density at radius 3 is 2.47 bits per heavy atom. The maximum absolute atomic E-state index is 15.3. The van der Waals surface area contributed by atoms with Gasteiger partial charge in [-0.25, -0.2) is 4.79 Å². The lowest BCUT2D eigenvalue weighted by atomic mass is 9.47. The minimum atomic E-state index is -2.27. The van der Waals surface area contributed by atoms with Crippen LogP contribution in [-0.2, 0) is 45.8 Å². The van der Waals surface area contributed by atoms with Crippen molar-refractivity contribution in [2.45, 2.75) is 93.9 Å². The average Bonchev–Trinajstić information content (AvgIpc) is 3.89. The number of nitrogens with one attached hydrogen (secondary N) is 1. The number of anilines is 1. The molecule has 9 rings (SSSR count). The fourth-order valence-electron chi connectivity index (χ4n) is 13.5. The molecule has 2 N–H and O–H groups in total. The molecule has 5 aliphatic heterocycles. The van der Waals surface area contributed by atoms with Crippen LogP contribution in [0.5, 0.6) is 5.75 Å². The highest BCUT2D eigenvalue weighted by molar-refractivity contribution is 5.95. The van der Waals surface area contributed by atoms with Crippen LogP contribution in [0.15, 0.2) is 48.6 Å². The van der Waals surface area contributed by atoms with E-state index in [2.05, 4.69) is 58.1 Å². The van der Waals surface area contributed by atoms with Gasteiger partial charge in [0.05, 0.1) is 27.4 Å². The summed E-state index contributed by atoms with van der Waals surface area (Å²) in [5, 5.41) is 14.4. The van der Waals surface area contributed by atoms with Crippen LogP contribution in [0, 0.1) is 17.3 Å². The van der Waals surface area contributed by atoms with Crippen molar-refractivity contribution in [1.29, 1.82) is 0 Å². The van der Waals surface area contributed by atoms with Gasteiger partial charge in [0.2, 0.25) is 5.60 Å². The normalized spacial score (nSPS) is 36.1. The SMILES string of the molecule is CC[C@@H]1C[C@@H]2CN(CCc3c([nH]c4ccccc34)[C@](C(=O)OC)(c3cc4c(cc3OC)N(C)[C@H]3[C@@](O)(C(=O)OC)[C@H](OC(C)=O)[C@]5(CC)C=CCN6CC[C@]43[C@@H]65)C2)C1. The number of aromatic nitrogens is 1. The molecule has 58 heavy (non-hydrogen) atoms. The molecule has 0 radical (unpaired) electrons. The first-order valence-electron chi connectivity index (χ1n) is 21.2. The molecule has 3 aromatic rings. The van der Waals surface area contributed by atoms with Gasteiger partial charge < -0.3 is 38.8 Å². The van der Waals surface area contributed by atoms with E-state index in [4.69, 9.17) is 18.9 Å². The van der Waals surface area contributed by atoms with Crippen molar-refractivity contribution >= 4 is 34.5 Å².